The van der Waals surface area contributed by atoms with Crippen LogP contribution in [-0.4, -0.2) is 122 Å². The number of aromatic amines is 1. The Kier molecular flexibility index (Phi) is 11.1. The number of amides is 5. The van der Waals surface area contributed by atoms with E-state index in [1.807, 2.05) is 41.3 Å². The van der Waals surface area contributed by atoms with Gasteiger partial charge in [-0.1, -0.05) is 29.8 Å². The molecule has 0 spiro atoms. The van der Waals surface area contributed by atoms with Crippen molar-refractivity contribution in [3.63, 3.8) is 0 Å². The summed E-state index contributed by atoms with van der Waals surface area (Å²) in [6, 6.07) is 18.9. The number of nitrogens with one attached hydrogen (secondary N) is 3. The summed E-state index contributed by atoms with van der Waals surface area (Å²) < 4.78 is 5.90. The summed E-state index contributed by atoms with van der Waals surface area (Å²) in [6.45, 7) is 4.41. The quantitative estimate of drug-likeness (QED) is 0.113. The SMILES string of the molecule is O=C1CCC(N2C(=O)c3ccc(N4CCN(C5CC(CC(=O)N6CCCC(Nc7ncnc8[nH]cc(C(=O)c9ccc(Oc%10ccccc%10)cc9Cl)c78)C6)C5)CC4)cc3C2=O)C(=O)N1. The average molecular weight is 884 g/mol. The number of piperazine rings is 1. The Morgan fingerprint density at radius 1 is 0.844 bits per heavy atom. The molecule has 17 heteroatoms. The second-order valence-electron chi connectivity index (χ2n) is 17.3. The predicted molar refractivity (Wildman–Crippen MR) is 237 cm³/mol. The van der Waals surface area contributed by atoms with E-state index in [9.17, 15) is 28.8 Å². The summed E-state index contributed by atoms with van der Waals surface area (Å²) in [7, 11) is 0. The zero-order valence-corrected chi connectivity index (χ0v) is 35.7. The van der Waals surface area contributed by atoms with Gasteiger partial charge in [-0.2, -0.15) is 0 Å². The Balaban J connectivity index is 0.708. The minimum absolute atomic E-state index is 0.0642. The van der Waals surface area contributed by atoms with Crippen LogP contribution in [0.25, 0.3) is 11.0 Å². The fraction of sp³-hybridized carbons (Fsp3) is 0.362. The third-order valence-electron chi connectivity index (χ3n) is 13.3. The molecule has 1 aliphatic carbocycles. The number of anilines is 2. The van der Waals surface area contributed by atoms with Crippen molar-refractivity contribution in [2.24, 2.45) is 5.92 Å². The Morgan fingerprint density at radius 3 is 2.42 bits per heavy atom. The molecule has 16 nitrogen and oxygen atoms in total. The van der Waals surface area contributed by atoms with Crippen LogP contribution in [0.2, 0.25) is 5.02 Å². The number of likely N-dealkylation sites (tertiary alicyclic amines) is 1. The van der Waals surface area contributed by atoms with Gasteiger partial charge in [0.1, 0.15) is 35.3 Å². The van der Waals surface area contributed by atoms with E-state index in [0.717, 1.165) is 62.4 Å². The number of rotatable bonds is 11. The first-order chi connectivity index (χ1) is 31.1. The van der Waals surface area contributed by atoms with Crippen LogP contribution in [-0.2, 0) is 14.4 Å². The molecule has 3 N–H and O–H groups in total. The van der Waals surface area contributed by atoms with Crippen LogP contribution in [0.1, 0.15) is 81.6 Å². The Morgan fingerprint density at radius 2 is 1.64 bits per heavy atom. The number of hydrogen-bond donors (Lipinski definition) is 3. The number of hydrogen-bond acceptors (Lipinski definition) is 12. The lowest BCUT2D eigenvalue weighted by Crippen LogP contribution is -2.54. The molecule has 4 aliphatic heterocycles. The van der Waals surface area contributed by atoms with Crippen molar-refractivity contribution in [3.8, 4) is 11.5 Å². The number of piperidine rings is 2. The van der Waals surface area contributed by atoms with Gasteiger partial charge in [0.15, 0.2) is 5.78 Å². The molecule has 6 heterocycles. The van der Waals surface area contributed by atoms with Gasteiger partial charge in [-0.05, 0) is 80.5 Å². The van der Waals surface area contributed by atoms with Crippen LogP contribution < -0.4 is 20.3 Å². The summed E-state index contributed by atoms with van der Waals surface area (Å²) in [6.07, 6.45) is 7.39. The maximum absolute atomic E-state index is 13.9. The average Bonchev–Trinajstić information content (AvgIpc) is 3.83. The van der Waals surface area contributed by atoms with Crippen molar-refractivity contribution in [1.29, 1.82) is 0 Å². The molecule has 0 bridgehead atoms. The van der Waals surface area contributed by atoms with Gasteiger partial charge >= 0.3 is 0 Å². The number of ketones is 1. The maximum Gasteiger partial charge on any atom is 0.262 e. The van der Waals surface area contributed by atoms with E-state index in [1.165, 1.54) is 6.33 Å². The van der Waals surface area contributed by atoms with Gasteiger partial charge in [0.2, 0.25) is 17.7 Å². The Labute approximate surface area is 373 Å². The molecule has 2 aromatic heterocycles. The highest BCUT2D eigenvalue weighted by atomic mass is 35.5. The summed E-state index contributed by atoms with van der Waals surface area (Å²) in [5.41, 5.74) is 2.63. The Bertz CT molecular complexity index is 2700. The number of carbonyl (C=O) groups is 6. The molecule has 4 fully saturated rings. The van der Waals surface area contributed by atoms with E-state index in [0.29, 0.717) is 70.9 Å². The normalized spacial score (nSPS) is 22.6. The number of para-hydroxylation sites is 1. The number of imide groups is 2. The van der Waals surface area contributed by atoms with Crippen molar-refractivity contribution in [1.82, 2.24) is 35.0 Å². The maximum atomic E-state index is 13.9. The van der Waals surface area contributed by atoms with E-state index in [-0.39, 0.29) is 46.7 Å². The number of ether oxygens (including phenoxy) is 1. The molecule has 5 aliphatic rings. The molecule has 2 atom stereocenters. The van der Waals surface area contributed by atoms with Gasteiger partial charge in [0, 0.05) is 87.7 Å². The van der Waals surface area contributed by atoms with Crippen molar-refractivity contribution >= 4 is 69.5 Å². The zero-order chi connectivity index (χ0) is 44.1. The van der Waals surface area contributed by atoms with Gasteiger partial charge in [-0.15, -0.1) is 0 Å². The summed E-state index contributed by atoms with van der Waals surface area (Å²) in [5, 5.41) is 6.60. The summed E-state index contributed by atoms with van der Waals surface area (Å²) >= 11 is 6.64. The van der Waals surface area contributed by atoms with Crippen molar-refractivity contribution in [2.75, 3.05) is 49.5 Å². The molecule has 64 heavy (non-hydrogen) atoms. The van der Waals surface area contributed by atoms with Crippen LogP contribution in [0.15, 0.2) is 79.3 Å². The van der Waals surface area contributed by atoms with Crippen molar-refractivity contribution in [2.45, 2.75) is 63.1 Å². The monoisotopic (exact) mass is 883 g/mol. The molecular weight excluding hydrogens is 838 g/mol. The second-order valence-corrected chi connectivity index (χ2v) is 17.7. The van der Waals surface area contributed by atoms with E-state index in [4.69, 9.17) is 16.3 Å². The minimum atomic E-state index is -0.994. The Hall–Kier alpha value is -6.65. The largest absolute Gasteiger partial charge is 0.457 e. The van der Waals surface area contributed by atoms with Crippen molar-refractivity contribution < 1.29 is 33.5 Å². The molecule has 1 saturated carbocycles. The number of aromatic nitrogens is 3. The van der Waals surface area contributed by atoms with Gasteiger partial charge in [-0.25, -0.2) is 9.97 Å². The number of halogens is 1. The molecule has 3 aromatic carbocycles. The lowest BCUT2D eigenvalue weighted by Gasteiger charge is -2.47. The van der Waals surface area contributed by atoms with Gasteiger partial charge in [0.25, 0.3) is 11.8 Å². The lowest BCUT2D eigenvalue weighted by molar-refractivity contribution is -0.136. The fourth-order valence-corrected chi connectivity index (χ4v) is 10.1. The highest BCUT2D eigenvalue weighted by Crippen LogP contribution is 2.37. The highest BCUT2D eigenvalue weighted by molar-refractivity contribution is 6.36. The summed E-state index contributed by atoms with van der Waals surface area (Å²) in [5.74, 6) is -0.160. The predicted octanol–water partition coefficient (Wildman–Crippen LogP) is 5.43. The van der Waals surface area contributed by atoms with Gasteiger partial charge in [-0.3, -0.25) is 43.9 Å². The molecule has 3 saturated heterocycles. The second kappa shape index (κ2) is 17.1. The van der Waals surface area contributed by atoms with Crippen molar-refractivity contribution in [3.05, 3.63) is 107 Å². The van der Waals surface area contributed by atoms with Crippen LogP contribution in [0.5, 0.6) is 11.5 Å². The third-order valence-corrected chi connectivity index (χ3v) is 13.6. The number of nitrogens with zero attached hydrogens (tertiary/aromatic N) is 6. The standard InChI is InChI=1S/C47H46ClN9O7/c48-37-23-32(64-31-6-2-1-3-7-31)9-11-34(37)42(60)36-24-49-43-41(36)44(51-26-50-43)52-28-5-4-14-56(25-28)40(59)21-27-19-30(20-27)55-17-15-54(16-18-55)29-8-10-33-35(22-29)47(63)57(46(33)62)38-12-13-39(58)53-45(38)61/h1-3,6-11,22-24,26-28,30,38H,4-5,12-21,25H2,(H,53,58,61)(H2,49,50,51,52). The lowest BCUT2D eigenvalue weighted by atomic mass is 9.76. The van der Waals surface area contributed by atoms with Crippen LogP contribution >= 0.6 is 11.6 Å². The van der Waals surface area contributed by atoms with E-state index < -0.39 is 29.7 Å². The topological polar surface area (TPSA) is 190 Å². The number of fused-ring (bicyclic) bond motifs is 2. The molecule has 2 unspecified atom stereocenters. The fourth-order valence-electron chi connectivity index (χ4n) is 9.82. The number of H-pyrrole nitrogens is 1. The highest BCUT2D eigenvalue weighted by Gasteiger charge is 2.45. The molecule has 10 rings (SSSR count). The first kappa shape index (κ1) is 41.4. The smallest absolute Gasteiger partial charge is 0.262 e. The first-order valence-electron chi connectivity index (χ1n) is 21.9. The molecule has 5 aromatic rings. The number of carbonyl (C=O) groups excluding carboxylic acids is 6. The summed E-state index contributed by atoms with van der Waals surface area (Å²) in [4.78, 5) is 97.9. The van der Waals surface area contributed by atoms with E-state index >= 15 is 0 Å². The minimum Gasteiger partial charge on any atom is -0.457 e. The number of benzene rings is 3. The molecule has 328 valence electrons. The molecular formula is C47H46ClN9O7. The van der Waals surface area contributed by atoms with Gasteiger partial charge < -0.3 is 24.8 Å². The van der Waals surface area contributed by atoms with Crippen LogP contribution in [0.4, 0.5) is 11.5 Å². The van der Waals surface area contributed by atoms with Crippen LogP contribution in [0.3, 0.4) is 0 Å². The van der Waals surface area contributed by atoms with E-state index in [2.05, 4.69) is 35.4 Å². The van der Waals surface area contributed by atoms with E-state index in [1.54, 1.807) is 36.5 Å². The third kappa shape index (κ3) is 7.96. The molecule has 0 radical (unpaired) electrons. The first-order valence-corrected chi connectivity index (χ1v) is 22.2. The van der Waals surface area contributed by atoms with Crippen LogP contribution in [0, 0.1) is 5.92 Å². The molecule has 5 amide bonds. The zero-order valence-electron chi connectivity index (χ0n) is 34.9. The van der Waals surface area contributed by atoms with Gasteiger partial charge in [0.05, 0.1) is 27.1 Å².